The number of nitrogens with one attached hydrogen (secondary N) is 1. The highest BCUT2D eigenvalue weighted by Crippen LogP contribution is 1.93. The van der Waals surface area contributed by atoms with Gasteiger partial charge in [-0.1, -0.05) is 19.9 Å². The fourth-order valence-corrected chi connectivity index (χ4v) is 0.738. The fraction of sp³-hybridized carbons (Fsp3) is 0.556. The average Bonchev–Trinajstić information content (AvgIpc) is 2.14. The Morgan fingerprint density at radius 1 is 1.69 bits per heavy atom. The molecule has 0 bridgehead atoms. The summed E-state index contributed by atoms with van der Waals surface area (Å²) in [6.07, 6.45) is 3.68. The van der Waals surface area contributed by atoms with Crippen molar-refractivity contribution in [2.45, 2.75) is 26.2 Å². The van der Waals surface area contributed by atoms with Crippen LogP contribution in [0.4, 0.5) is 0 Å². The van der Waals surface area contributed by atoms with E-state index in [4.69, 9.17) is 4.74 Å². The maximum atomic E-state index is 11.1. The molecule has 0 aliphatic heterocycles. The lowest BCUT2D eigenvalue weighted by Crippen LogP contribution is -2.31. The number of carbonyl (C=O) groups excluding carboxylic acids is 1. The first kappa shape index (κ1) is 11.7. The summed E-state index contributed by atoms with van der Waals surface area (Å²) in [5.74, 6) is -0.0794. The molecule has 0 aliphatic carbocycles. The molecule has 0 aliphatic rings. The Morgan fingerprint density at radius 2 is 2.38 bits per heavy atom. The third-order valence-electron chi connectivity index (χ3n) is 1.41. The number of ether oxygens (including phenoxy) is 1. The minimum Gasteiger partial charge on any atom is -0.468 e. The second-order valence-electron chi connectivity index (χ2n) is 2.47. The number of carbonyl (C=O) groups is 1. The van der Waals surface area contributed by atoms with Gasteiger partial charge in [-0.15, -0.1) is 0 Å². The van der Waals surface area contributed by atoms with Crippen LogP contribution >= 0.6 is 0 Å². The van der Waals surface area contributed by atoms with Gasteiger partial charge in [0.25, 0.3) is 6.02 Å². The van der Waals surface area contributed by atoms with Crippen molar-refractivity contribution < 1.29 is 9.53 Å². The summed E-state index contributed by atoms with van der Waals surface area (Å²) in [6, 6.07) is 0.191. The first-order chi connectivity index (χ1) is 6.24. The van der Waals surface area contributed by atoms with Gasteiger partial charge in [-0.25, -0.2) is 4.99 Å². The lowest BCUT2D eigenvalue weighted by Gasteiger charge is -2.04. The summed E-state index contributed by atoms with van der Waals surface area (Å²) in [5.41, 5.74) is 0. The van der Waals surface area contributed by atoms with Gasteiger partial charge in [0.1, 0.15) is 0 Å². The Balaban J connectivity index is 3.87. The van der Waals surface area contributed by atoms with Crippen molar-refractivity contribution in [1.29, 1.82) is 0 Å². The first-order valence-corrected chi connectivity index (χ1v) is 4.27. The van der Waals surface area contributed by atoms with Crippen LogP contribution in [0.3, 0.4) is 0 Å². The van der Waals surface area contributed by atoms with Crippen LogP contribution in [0.25, 0.3) is 0 Å². The highest BCUT2D eigenvalue weighted by Gasteiger charge is 2.03. The Morgan fingerprint density at radius 3 is 2.85 bits per heavy atom. The number of hydrogen-bond acceptors (Lipinski definition) is 3. The van der Waals surface area contributed by atoms with Crippen LogP contribution in [-0.4, -0.2) is 19.0 Å². The standard InChI is InChI=1S/C9H16N2O2/c1-4-6-7-8(12)11-9(13-3)10-5-2/h5H,2,4,6-7H2,1,3H3,(H,10,11,12). The summed E-state index contributed by atoms with van der Waals surface area (Å²) in [6.45, 7) is 5.43. The monoisotopic (exact) mass is 184 g/mol. The third kappa shape index (κ3) is 5.90. The van der Waals surface area contributed by atoms with Crippen molar-refractivity contribution in [2.75, 3.05) is 7.11 Å². The van der Waals surface area contributed by atoms with E-state index >= 15 is 0 Å². The van der Waals surface area contributed by atoms with Crippen LogP contribution < -0.4 is 5.32 Å². The quantitative estimate of drug-likeness (QED) is 0.531. The zero-order chi connectivity index (χ0) is 10.1. The van der Waals surface area contributed by atoms with E-state index in [0.29, 0.717) is 6.42 Å². The maximum Gasteiger partial charge on any atom is 0.295 e. The third-order valence-corrected chi connectivity index (χ3v) is 1.41. The van der Waals surface area contributed by atoms with Gasteiger partial charge in [-0.05, 0) is 6.42 Å². The molecule has 0 radical (unpaired) electrons. The van der Waals surface area contributed by atoms with E-state index in [0.717, 1.165) is 12.8 Å². The van der Waals surface area contributed by atoms with Crippen molar-refractivity contribution in [2.24, 2.45) is 4.99 Å². The van der Waals surface area contributed by atoms with Crippen LogP contribution in [0.15, 0.2) is 17.8 Å². The van der Waals surface area contributed by atoms with Crippen molar-refractivity contribution in [3.05, 3.63) is 12.8 Å². The van der Waals surface area contributed by atoms with Crippen LogP contribution in [0.5, 0.6) is 0 Å². The van der Waals surface area contributed by atoms with Gasteiger partial charge in [0, 0.05) is 12.6 Å². The van der Waals surface area contributed by atoms with E-state index in [1.807, 2.05) is 6.92 Å². The molecule has 74 valence electrons. The molecule has 4 nitrogen and oxygen atoms in total. The van der Waals surface area contributed by atoms with Gasteiger partial charge in [-0.2, -0.15) is 0 Å². The number of unbranched alkanes of at least 4 members (excludes halogenated alkanes) is 1. The molecule has 0 aromatic rings. The summed E-state index contributed by atoms with van der Waals surface area (Å²) >= 11 is 0. The van der Waals surface area contributed by atoms with Crippen molar-refractivity contribution >= 4 is 11.9 Å². The molecule has 1 N–H and O–H groups in total. The molecule has 0 aromatic heterocycles. The first-order valence-electron chi connectivity index (χ1n) is 4.27. The molecule has 1 amide bonds. The van der Waals surface area contributed by atoms with E-state index in [1.165, 1.54) is 13.3 Å². The Labute approximate surface area is 78.7 Å². The van der Waals surface area contributed by atoms with Gasteiger partial charge in [-0.3, -0.25) is 10.1 Å². The average molecular weight is 184 g/mol. The van der Waals surface area contributed by atoms with E-state index in [2.05, 4.69) is 16.9 Å². The molecule has 0 unspecified atom stereocenters. The number of hydrogen-bond donors (Lipinski definition) is 1. The second kappa shape index (κ2) is 7.34. The lowest BCUT2D eigenvalue weighted by atomic mass is 10.2. The van der Waals surface area contributed by atoms with Crippen molar-refractivity contribution in [3.63, 3.8) is 0 Å². The zero-order valence-corrected chi connectivity index (χ0v) is 8.17. The normalized spacial score (nSPS) is 10.8. The molecule has 0 aromatic carbocycles. The predicted octanol–water partition coefficient (Wildman–Crippen LogP) is 1.44. The number of aliphatic imine (C=N–C) groups is 1. The predicted molar refractivity (Wildman–Crippen MR) is 52.3 cm³/mol. The summed E-state index contributed by atoms with van der Waals surface area (Å²) in [7, 11) is 1.45. The van der Waals surface area contributed by atoms with E-state index in [1.54, 1.807) is 0 Å². The Kier molecular flexibility index (Phi) is 6.59. The smallest absolute Gasteiger partial charge is 0.295 e. The van der Waals surface area contributed by atoms with Gasteiger partial charge < -0.3 is 4.74 Å². The number of nitrogens with zero attached hydrogens (tertiary/aromatic N) is 1. The highest BCUT2D eigenvalue weighted by molar-refractivity contribution is 5.94. The Hall–Kier alpha value is -1.32. The number of rotatable bonds is 4. The van der Waals surface area contributed by atoms with E-state index in [9.17, 15) is 4.79 Å². The molecule has 0 rings (SSSR count). The van der Waals surface area contributed by atoms with Gasteiger partial charge in [0.05, 0.1) is 7.11 Å². The maximum absolute atomic E-state index is 11.1. The van der Waals surface area contributed by atoms with E-state index < -0.39 is 0 Å². The van der Waals surface area contributed by atoms with Crippen molar-refractivity contribution in [1.82, 2.24) is 5.32 Å². The van der Waals surface area contributed by atoms with Crippen LogP contribution in [0, 0.1) is 0 Å². The summed E-state index contributed by atoms with van der Waals surface area (Å²) in [4.78, 5) is 14.9. The molecule has 0 fully saturated rings. The molecular formula is C9H16N2O2. The zero-order valence-electron chi connectivity index (χ0n) is 8.17. The molecule has 13 heavy (non-hydrogen) atoms. The SMILES string of the molecule is C=C/N=C(/NC(=O)CCCC)OC. The van der Waals surface area contributed by atoms with Gasteiger partial charge in [0.15, 0.2) is 0 Å². The molecule has 0 heterocycles. The highest BCUT2D eigenvalue weighted by atomic mass is 16.5. The van der Waals surface area contributed by atoms with Crippen LogP contribution in [0.1, 0.15) is 26.2 Å². The Bertz CT molecular complexity index is 200. The fourth-order valence-electron chi connectivity index (χ4n) is 0.738. The second-order valence-corrected chi connectivity index (χ2v) is 2.47. The molecule has 4 heteroatoms. The number of methoxy groups -OCH3 is 1. The van der Waals surface area contributed by atoms with Crippen LogP contribution in [-0.2, 0) is 9.53 Å². The molecule has 0 saturated heterocycles. The number of amides is 1. The topological polar surface area (TPSA) is 50.7 Å². The molecule has 0 atom stereocenters. The molecule has 0 spiro atoms. The summed E-state index contributed by atoms with van der Waals surface area (Å²) < 4.78 is 4.79. The minimum atomic E-state index is -0.0794. The van der Waals surface area contributed by atoms with Crippen molar-refractivity contribution in [3.8, 4) is 0 Å². The van der Waals surface area contributed by atoms with E-state index in [-0.39, 0.29) is 11.9 Å². The lowest BCUT2D eigenvalue weighted by molar-refractivity contribution is -0.120. The van der Waals surface area contributed by atoms with Gasteiger partial charge in [0.2, 0.25) is 5.91 Å². The largest absolute Gasteiger partial charge is 0.468 e. The number of amidine groups is 1. The van der Waals surface area contributed by atoms with Gasteiger partial charge >= 0.3 is 0 Å². The molecule has 0 saturated carbocycles. The minimum absolute atomic E-state index is 0.0794. The van der Waals surface area contributed by atoms with Crippen LogP contribution in [0.2, 0.25) is 0 Å². The molecular weight excluding hydrogens is 168 g/mol. The summed E-state index contributed by atoms with van der Waals surface area (Å²) in [5, 5.41) is 2.52.